The van der Waals surface area contributed by atoms with E-state index >= 15 is 0 Å². The Morgan fingerprint density at radius 2 is 2.00 bits per heavy atom. The van der Waals surface area contributed by atoms with Crippen LogP contribution in [0.4, 0.5) is 5.69 Å². The number of thiophene rings is 1. The van der Waals surface area contributed by atoms with Crippen molar-refractivity contribution in [3.8, 4) is 0 Å². The summed E-state index contributed by atoms with van der Waals surface area (Å²) in [5, 5.41) is 7.54. The zero-order valence-corrected chi connectivity index (χ0v) is 16.2. The molecule has 2 heterocycles. The maximum Gasteiger partial charge on any atom is 0.265 e. The molecule has 1 fully saturated rings. The van der Waals surface area contributed by atoms with Gasteiger partial charge in [-0.1, -0.05) is 12.1 Å². The fourth-order valence-corrected chi connectivity index (χ4v) is 3.78. The zero-order valence-electron chi connectivity index (χ0n) is 15.4. The van der Waals surface area contributed by atoms with Gasteiger partial charge in [0.1, 0.15) is 6.04 Å². The number of nitrogens with one attached hydrogen (secondary N) is 2. The monoisotopic (exact) mass is 385 g/mol. The van der Waals surface area contributed by atoms with E-state index in [-0.39, 0.29) is 23.8 Å². The van der Waals surface area contributed by atoms with Crippen LogP contribution in [0.3, 0.4) is 0 Å². The summed E-state index contributed by atoms with van der Waals surface area (Å²) >= 11 is 1.36. The molecular weight excluding hydrogens is 362 g/mol. The van der Waals surface area contributed by atoms with Crippen LogP contribution < -0.4 is 10.6 Å². The van der Waals surface area contributed by atoms with E-state index in [9.17, 15) is 14.4 Å². The fourth-order valence-electron chi connectivity index (χ4n) is 3.16. The molecule has 0 saturated carbocycles. The van der Waals surface area contributed by atoms with Gasteiger partial charge in [-0.3, -0.25) is 14.4 Å². The van der Waals surface area contributed by atoms with E-state index in [1.807, 2.05) is 25.3 Å². The predicted molar refractivity (Wildman–Crippen MR) is 106 cm³/mol. The van der Waals surface area contributed by atoms with Crippen LogP contribution >= 0.6 is 11.3 Å². The van der Waals surface area contributed by atoms with Gasteiger partial charge in [-0.05, 0) is 56.3 Å². The van der Waals surface area contributed by atoms with Gasteiger partial charge in [0.2, 0.25) is 5.91 Å². The predicted octanol–water partition coefficient (Wildman–Crippen LogP) is 3.13. The van der Waals surface area contributed by atoms with Gasteiger partial charge in [-0.2, -0.15) is 0 Å². The molecule has 1 atom stereocenters. The lowest BCUT2D eigenvalue weighted by Crippen LogP contribution is -2.47. The first-order valence-corrected chi connectivity index (χ1v) is 9.90. The zero-order chi connectivity index (χ0) is 19.4. The van der Waals surface area contributed by atoms with Crippen LogP contribution in [0.15, 0.2) is 41.8 Å². The van der Waals surface area contributed by atoms with Gasteiger partial charge in [-0.25, -0.2) is 0 Å². The molecule has 3 rings (SSSR count). The number of hydrogen-bond acceptors (Lipinski definition) is 4. The normalized spacial score (nSPS) is 16.4. The van der Waals surface area contributed by atoms with Crippen molar-refractivity contribution >= 4 is 34.7 Å². The highest BCUT2D eigenvalue weighted by atomic mass is 32.1. The Labute approximate surface area is 162 Å². The van der Waals surface area contributed by atoms with Crippen LogP contribution in [0, 0.1) is 0 Å². The number of anilines is 1. The number of nitrogens with zero attached hydrogens (tertiary/aromatic N) is 1. The Balaban J connectivity index is 1.73. The number of carbonyl (C=O) groups excluding carboxylic acids is 3. The van der Waals surface area contributed by atoms with Crippen LogP contribution in [0.1, 0.15) is 46.7 Å². The summed E-state index contributed by atoms with van der Waals surface area (Å²) in [4.78, 5) is 39.8. The first kappa shape index (κ1) is 19.1. The van der Waals surface area contributed by atoms with Gasteiger partial charge in [-0.15, -0.1) is 11.3 Å². The third kappa shape index (κ3) is 4.54. The summed E-state index contributed by atoms with van der Waals surface area (Å²) in [6, 6.07) is 10.00. The smallest absolute Gasteiger partial charge is 0.265 e. The molecule has 2 N–H and O–H groups in total. The number of likely N-dealkylation sites (tertiary alicyclic amines) is 1. The first-order valence-electron chi connectivity index (χ1n) is 9.02. The minimum absolute atomic E-state index is 0.0332. The van der Waals surface area contributed by atoms with Crippen molar-refractivity contribution in [2.24, 2.45) is 0 Å². The van der Waals surface area contributed by atoms with Crippen molar-refractivity contribution in [3.63, 3.8) is 0 Å². The minimum Gasteiger partial charge on any atom is -0.352 e. The van der Waals surface area contributed by atoms with Gasteiger partial charge in [0.25, 0.3) is 11.8 Å². The number of carbonyl (C=O) groups is 3. The van der Waals surface area contributed by atoms with Gasteiger partial charge in [0.15, 0.2) is 0 Å². The molecule has 1 aliphatic heterocycles. The van der Waals surface area contributed by atoms with Crippen molar-refractivity contribution in [1.29, 1.82) is 0 Å². The number of benzene rings is 1. The molecule has 2 aromatic rings. The summed E-state index contributed by atoms with van der Waals surface area (Å²) in [5.41, 5.74) is 1.02. The molecule has 1 unspecified atom stereocenters. The third-order valence-corrected chi connectivity index (χ3v) is 5.23. The Bertz CT molecular complexity index is 833. The molecular formula is C20H23N3O3S. The summed E-state index contributed by atoms with van der Waals surface area (Å²) in [6.45, 7) is 4.36. The highest BCUT2D eigenvalue weighted by Gasteiger charge is 2.34. The molecule has 1 aromatic heterocycles. The van der Waals surface area contributed by atoms with Crippen molar-refractivity contribution in [2.45, 2.75) is 38.8 Å². The molecule has 6 nitrogen and oxygen atoms in total. The van der Waals surface area contributed by atoms with Gasteiger partial charge < -0.3 is 15.5 Å². The third-order valence-electron chi connectivity index (χ3n) is 4.36. The Morgan fingerprint density at radius 1 is 1.19 bits per heavy atom. The van der Waals surface area contributed by atoms with Gasteiger partial charge >= 0.3 is 0 Å². The lowest BCUT2D eigenvalue weighted by atomic mass is 10.1. The summed E-state index contributed by atoms with van der Waals surface area (Å²) in [6.07, 6.45) is 1.47. The second kappa shape index (κ2) is 8.35. The molecule has 0 radical (unpaired) electrons. The molecule has 1 saturated heterocycles. The summed E-state index contributed by atoms with van der Waals surface area (Å²) < 4.78 is 0. The highest BCUT2D eigenvalue weighted by molar-refractivity contribution is 7.12. The second-order valence-corrected chi connectivity index (χ2v) is 7.78. The molecule has 1 aliphatic rings. The van der Waals surface area contributed by atoms with E-state index in [0.29, 0.717) is 29.1 Å². The maximum atomic E-state index is 12.9. The molecule has 0 aliphatic carbocycles. The van der Waals surface area contributed by atoms with E-state index < -0.39 is 6.04 Å². The van der Waals surface area contributed by atoms with Crippen molar-refractivity contribution < 1.29 is 14.4 Å². The van der Waals surface area contributed by atoms with Crippen molar-refractivity contribution in [1.82, 2.24) is 10.2 Å². The second-order valence-electron chi connectivity index (χ2n) is 6.83. The lowest BCUT2D eigenvalue weighted by Gasteiger charge is -2.25. The van der Waals surface area contributed by atoms with E-state index in [1.165, 1.54) is 11.3 Å². The maximum absolute atomic E-state index is 12.9. The topological polar surface area (TPSA) is 78.5 Å². The van der Waals surface area contributed by atoms with Crippen LogP contribution in [0.2, 0.25) is 0 Å². The van der Waals surface area contributed by atoms with E-state index in [0.717, 1.165) is 6.42 Å². The quantitative estimate of drug-likeness (QED) is 0.830. The average molecular weight is 385 g/mol. The molecule has 0 spiro atoms. The van der Waals surface area contributed by atoms with Crippen molar-refractivity contribution in [2.75, 3.05) is 11.9 Å². The molecule has 3 amide bonds. The fraction of sp³-hybridized carbons (Fsp3) is 0.350. The number of rotatable bonds is 5. The number of hydrogen-bond donors (Lipinski definition) is 2. The molecule has 1 aromatic carbocycles. The first-order chi connectivity index (χ1) is 13.0. The Kier molecular flexibility index (Phi) is 5.91. The number of amides is 3. The summed E-state index contributed by atoms with van der Waals surface area (Å²) in [7, 11) is 0. The lowest BCUT2D eigenvalue weighted by molar-refractivity contribution is -0.125. The Morgan fingerprint density at radius 3 is 2.70 bits per heavy atom. The van der Waals surface area contributed by atoms with E-state index in [4.69, 9.17) is 0 Å². The molecule has 142 valence electrons. The highest BCUT2D eigenvalue weighted by Crippen LogP contribution is 2.22. The van der Waals surface area contributed by atoms with Gasteiger partial charge in [0.05, 0.1) is 4.88 Å². The van der Waals surface area contributed by atoms with Gasteiger partial charge in [0, 0.05) is 23.8 Å². The standard InChI is InChI=1S/C20H23N3O3S/c1-13(2)21-18(24)16-8-4-10-23(16)20(26)14-6-3-7-15(12-14)22-19(25)17-9-5-11-27-17/h3,5-7,9,11-13,16H,4,8,10H2,1-2H3,(H,21,24)(H,22,25). The van der Waals surface area contributed by atoms with Crippen LogP contribution in [-0.2, 0) is 4.79 Å². The minimum atomic E-state index is -0.440. The molecule has 27 heavy (non-hydrogen) atoms. The van der Waals surface area contributed by atoms with E-state index in [2.05, 4.69) is 10.6 Å². The summed E-state index contributed by atoms with van der Waals surface area (Å²) in [5.74, 6) is -0.508. The largest absolute Gasteiger partial charge is 0.352 e. The van der Waals surface area contributed by atoms with E-state index in [1.54, 1.807) is 35.2 Å². The molecule has 7 heteroatoms. The van der Waals surface area contributed by atoms with Crippen LogP contribution in [0.25, 0.3) is 0 Å². The average Bonchev–Trinajstić information content (AvgIpc) is 3.32. The molecule has 0 bridgehead atoms. The van der Waals surface area contributed by atoms with Crippen LogP contribution in [0.5, 0.6) is 0 Å². The van der Waals surface area contributed by atoms with Crippen molar-refractivity contribution in [3.05, 3.63) is 52.2 Å². The Hall–Kier alpha value is -2.67. The SMILES string of the molecule is CC(C)NC(=O)C1CCCN1C(=O)c1cccc(NC(=O)c2cccs2)c1. The van der Waals surface area contributed by atoms with Crippen LogP contribution in [-0.4, -0.2) is 41.2 Å².